The Bertz CT molecular complexity index is 553. The van der Waals surface area contributed by atoms with Crippen molar-refractivity contribution >= 4 is 5.97 Å². The first-order valence-electron chi connectivity index (χ1n) is 22.1. The highest BCUT2D eigenvalue weighted by molar-refractivity contribution is 5.73. The van der Waals surface area contributed by atoms with Crippen LogP contribution in [0.4, 0.5) is 0 Å². The quantitative estimate of drug-likeness (QED) is 0.0662. The highest BCUT2D eigenvalue weighted by Gasteiger charge is 2.22. The molecule has 0 amide bonds. The van der Waals surface area contributed by atoms with Crippen molar-refractivity contribution in [1.29, 1.82) is 0 Å². The van der Waals surface area contributed by atoms with Gasteiger partial charge in [-0.05, 0) is 32.4 Å². The predicted octanol–water partition coefficient (Wildman–Crippen LogP) is 15.2. The molecule has 3 nitrogen and oxygen atoms in total. The second-order valence-electron chi connectivity index (χ2n) is 15.3. The van der Waals surface area contributed by atoms with Crippen molar-refractivity contribution in [3.8, 4) is 0 Å². The van der Waals surface area contributed by atoms with Crippen LogP contribution in [0.1, 0.15) is 258 Å². The van der Waals surface area contributed by atoms with Crippen molar-refractivity contribution < 1.29 is 9.90 Å². The molecular formula is C44H89NO2. The molecule has 0 saturated carbocycles. The molecule has 0 fully saturated rings. The zero-order valence-electron chi connectivity index (χ0n) is 33.0. The van der Waals surface area contributed by atoms with E-state index >= 15 is 0 Å². The van der Waals surface area contributed by atoms with Crippen LogP contribution in [-0.4, -0.2) is 35.1 Å². The van der Waals surface area contributed by atoms with Crippen molar-refractivity contribution in [1.82, 2.24) is 4.90 Å². The lowest BCUT2D eigenvalue weighted by atomic mass is 10.0. The van der Waals surface area contributed by atoms with Gasteiger partial charge in [0.2, 0.25) is 0 Å². The van der Waals surface area contributed by atoms with Crippen LogP contribution in [-0.2, 0) is 4.79 Å². The van der Waals surface area contributed by atoms with E-state index in [-0.39, 0.29) is 6.04 Å². The summed E-state index contributed by atoms with van der Waals surface area (Å²) in [5, 5.41) is 9.80. The van der Waals surface area contributed by atoms with Gasteiger partial charge in [0.15, 0.2) is 0 Å². The van der Waals surface area contributed by atoms with Gasteiger partial charge >= 0.3 is 5.97 Å². The smallest absolute Gasteiger partial charge is 0.320 e. The summed E-state index contributed by atoms with van der Waals surface area (Å²) in [6, 6.07) is -0.299. The number of nitrogens with zero attached hydrogens (tertiary/aromatic N) is 1. The van der Waals surface area contributed by atoms with Crippen molar-refractivity contribution in [2.24, 2.45) is 0 Å². The fourth-order valence-electron chi connectivity index (χ4n) is 7.45. The number of aliphatic carboxylic acids is 1. The first-order chi connectivity index (χ1) is 23.2. The number of carboxylic acid groups (broad SMARTS) is 1. The molecular weight excluding hydrogens is 574 g/mol. The standard InChI is InChI=1S/C44H89NO2/c1-4-7-9-11-13-15-17-19-21-23-25-27-29-31-33-35-37-39-41-45(43(6-3)44(46)47)42-40-38-36-34-32-30-28-26-24-22-20-18-16-14-12-10-8-5-2/h43H,4-42H2,1-3H3,(H,46,47). The Kier molecular flexibility index (Phi) is 39.4. The first-order valence-corrected chi connectivity index (χ1v) is 22.1. The van der Waals surface area contributed by atoms with E-state index in [4.69, 9.17) is 0 Å². The van der Waals surface area contributed by atoms with Crippen LogP contribution in [0.15, 0.2) is 0 Å². The van der Waals surface area contributed by atoms with Crippen LogP contribution in [0.3, 0.4) is 0 Å². The van der Waals surface area contributed by atoms with Crippen molar-refractivity contribution in [3.63, 3.8) is 0 Å². The summed E-state index contributed by atoms with van der Waals surface area (Å²) in [6.45, 7) is 8.55. The number of unbranched alkanes of at least 4 members (excludes halogenated alkanes) is 34. The third-order valence-electron chi connectivity index (χ3n) is 10.7. The van der Waals surface area contributed by atoms with Crippen molar-refractivity contribution in [2.45, 2.75) is 264 Å². The van der Waals surface area contributed by atoms with Gasteiger partial charge in [0, 0.05) is 0 Å². The average molecular weight is 664 g/mol. The molecule has 0 heterocycles. The van der Waals surface area contributed by atoms with E-state index < -0.39 is 5.97 Å². The lowest BCUT2D eigenvalue weighted by molar-refractivity contribution is -0.143. The molecule has 3 heteroatoms. The molecule has 0 saturated heterocycles. The fourth-order valence-corrected chi connectivity index (χ4v) is 7.45. The minimum atomic E-state index is -0.627. The highest BCUT2D eigenvalue weighted by Crippen LogP contribution is 2.17. The van der Waals surface area contributed by atoms with Gasteiger partial charge in [-0.15, -0.1) is 0 Å². The largest absolute Gasteiger partial charge is 0.480 e. The summed E-state index contributed by atoms with van der Waals surface area (Å²) < 4.78 is 0. The van der Waals surface area contributed by atoms with Gasteiger partial charge in [-0.2, -0.15) is 0 Å². The minimum absolute atomic E-state index is 0.299. The van der Waals surface area contributed by atoms with Crippen LogP contribution in [0.2, 0.25) is 0 Å². The third-order valence-corrected chi connectivity index (χ3v) is 10.7. The maximum atomic E-state index is 11.9. The molecule has 1 N–H and O–H groups in total. The van der Waals surface area contributed by atoms with Gasteiger partial charge < -0.3 is 5.11 Å². The molecule has 0 aliphatic rings. The maximum Gasteiger partial charge on any atom is 0.320 e. The summed E-state index contributed by atoms with van der Waals surface area (Å²) in [5.74, 6) is -0.627. The maximum absolute atomic E-state index is 11.9. The van der Waals surface area contributed by atoms with Gasteiger partial charge in [-0.1, -0.05) is 239 Å². The third kappa shape index (κ3) is 35.1. The Labute approximate surface area is 297 Å². The van der Waals surface area contributed by atoms with E-state index in [1.54, 1.807) is 0 Å². The van der Waals surface area contributed by atoms with Crippen molar-refractivity contribution in [3.05, 3.63) is 0 Å². The molecule has 0 aliphatic carbocycles. The molecule has 0 aliphatic heterocycles. The number of carbonyl (C=O) groups is 1. The van der Waals surface area contributed by atoms with Crippen LogP contribution in [0.25, 0.3) is 0 Å². The lowest BCUT2D eigenvalue weighted by Gasteiger charge is -2.28. The Hall–Kier alpha value is -0.570. The Morgan fingerprint density at radius 1 is 0.362 bits per heavy atom. The second kappa shape index (κ2) is 39.9. The van der Waals surface area contributed by atoms with Gasteiger partial charge in [-0.3, -0.25) is 9.69 Å². The summed E-state index contributed by atoms with van der Waals surface area (Å²) in [7, 11) is 0. The highest BCUT2D eigenvalue weighted by atomic mass is 16.4. The van der Waals surface area contributed by atoms with E-state index in [2.05, 4.69) is 18.7 Å². The molecule has 0 bridgehead atoms. The molecule has 1 atom stereocenters. The Morgan fingerprint density at radius 3 is 0.723 bits per heavy atom. The van der Waals surface area contributed by atoms with E-state index in [1.807, 2.05) is 6.92 Å². The molecule has 47 heavy (non-hydrogen) atoms. The zero-order valence-corrected chi connectivity index (χ0v) is 33.0. The molecule has 0 rings (SSSR count). The summed E-state index contributed by atoms with van der Waals surface area (Å²) in [5.41, 5.74) is 0. The number of carboxylic acids is 1. The topological polar surface area (TPSA) is 40.5 Å². The first kappa shape index (κ1) is 46.4. The number of hydrogen-bond acceptors (Lipinski definition) is 2. The average Bonchev–Trinajstić information content (AvgIpc) is 3.07. The van der Waals surface area contributed by atoms with E-state index in [0.717, 1.165) is 25.9 Å². The zero-order chi connectivity index (χ0) is 34.3. The van der Waals surface area contributed by atoms with E-state index in [1.165, 1.54) is 218 Å². The molecule has 0 aromatic heterocycles. The number of rotatable bonds is 41. The molecule has 0 radical (unpaired) electrons. The predicted molar refractivity (Wildman–Crippen MR) is 211 cm³/mol. The van der Waals surface area contributed by atoms with Gasteiger partial charge in [0.05, 0.1) is 0 Å². The molecule has 282 valence electrons. The van der Waals surface area contributed by atoms with E-state index in [0.29, 0.717) is 6.42 Å². The summed E-state index contributed by atoms with van der Waals surface area (Å²) in [4.78, 5) is 14.2. The minimum Gasteiger partial charge on any atom is -0.480 e. The Morgan fingerprint density at radius 2 is 0.553 bits per heavy atom. The second-order valence-corrected chi connectivity index (χ2v) is 15.3. The molecule has 0 aromatic rings. The van der Waals surface area contributed by atoms with Crippen molar-refractivity contribution in [2.75, 3.05) is 13.1 Å². The van der Waals surface area contributed by atoms with Crippen LogP contribution < -0.4 is 0 Å². The van der Waals surface area contributed by atoms with Gasteiger partial charge in [-0.25, -0.2) is 0 Å². The lowest BCUT2D eigenvalue weighted by Crippen LogP contribution is -2.42. The summed E-state index contributed by atoms with van der Waals surface area (Å²) >= 11 is 0. The Balaban J connectivity index is 3.66. The molecule has 0 spiro atoms. The van der Waals surface area contributed by atoms with Crippen LogP contribution in [0, 0.1) is 0 Å². The van der Waals surface area contributed by atoms with Gasteiger partial charge in [0.25, 0.3) is 0 Å². The van der Waals surface area contributed by atoms with E-state index in [9.17, 15) is 9.90 Å². The SMILES string of the molecule is CCCCCCCCCCCCCCCCCCCCN(CCCCCCCCCCCCCCCCCCCC)C(CC)C(=O)O. The van der Waals surface area contributed by atoms with Gasteiger partial charge in [0.1, 0.15) is 6.04 Å². The summed E-state index contributed by atoms with van der Waals surface area (Å²) in [6.07, 6.45) is 50.9. The monoisotopic (exact) mass is 664 g/mol. The fraction of sp³-hybridized carbons (Fsp3) is 0.977. The van der Waals surface area contributed by atoms with Crippen LogP contribution in [0.5, 0.6) is 0 Å². The molecule has 0 aromatic carbocycles. The van der Waals surface area contributed by atoms with Crippen LogP contribution >= 0.6 is 0 Å². The number of hydrogen-bond donors (Lipinski definition) is 1. The molecule has 1 unspecified atom stereocenters. The normalized spacial score (nSPS) is 12.3.